The van der Waals surface area contributed by atoms with Crippen molar-refractivity contribution in [2.24, 2.45) is 11.8 Å². The van der Waals surface area contributed by atoms with Gasteiger partial charge in [0.1, 0.15) is 0 Å². The van der Waals surface area contributed by atoms with Crippen LogP contribution in [-0.4, -0.2) is 22.7 Å². The zero-order valence-electron chi connectivity index (χ0n) is 14.4. The predicted octanol–water partition coefficient (Wildman–Crippen LogP) is 3.00. The topological polar surface area (TPSA) is 66.5 Å². The van der Waals surface area contributed by atoms with Crippen LogP contribution in [0.5, 0.6) is 0 Å². The van der Waals surface area contributed by atoms with Crippen molar-refractivity contribution in [2.75, 3.05) is 0 Å². The van der Waals surface area contributed by atoms with E-state index in [0.29, 0.717) is 18.4 Å². The van der Waals surface area contributed by atoms with Gasteiger partial charge in [0.15, 0.2) is 0 Å². The van der Waals surface area contributed by atoms with E-state index in [1.165, 1.54) is 22.5 Å². The van der Waals surface area contributed by atoms with E-state index in [1.54, 1.807) is 5.38 Å². The maximum atomic E-state index is 12.6. The van der Waals surface area contributed by atoms with Crippen molar-refractivity contribution in [3.63, 3.8) is 0 Å². The second-order valence-corrected chi connectivity index (χ2v) is 7.76. The van der Waals surface area contributed by atoms with Gasteiger partial charge < -0.3 is 0 Å². The molecular weight excluding hydrogens is 324 g/mol. The Labute approximate surface area is 145 Å². The molecule has 0 unspecified atom stereocenters. The molecule has 1 aliphatic carbocycles. The third-order valence-corrected chi connectivity index (χ3v) is 6.21. The Balaban J connectivity index is 1.80. The van der Waals surface area contributed by atoms with Crippen molar-refractivity contribution in [3.05, 3.63) is 32.5 Å². The molecule has 5 nitrogen and oxygen atoms in total. The number of imide groups is 1. The lowest BCUT2D eigenvalue weighted by molar-refractivity contribution is -0.142. The van der Waals surface area contributed by atoms with Crippen molar-refractivity contribution >= 4 is 29.1 Å². The summed E-state index contributed by atoms with van der Waals surface area (Å²) in [4.78, 5) is 38.8. The van der Waals surface area contributed by atoms with Crippen molar-refractivity contribution in [2.45, 2.75) is 47.0 Å². The minimum atomic E-state index is -0.377. The summed E-state index contributed by atoms with van der Waals surface area (Å²) >= 11 is 1.51. The first-order valence-corrected chi connectivity index (χ1v) is 9.14. The Kier molecular flexibility index (Phi) is 4.34. The van der Waals surface area contributed by atoms with Crippen LogP contribution in [0.25, 0.3) is 0 Å². The van der Waals surface area contributed by atoms with Crippen LogP contribution in [-0.2, 0) is 16.0 Å². The Bertz CT molecular complexity index is 730. The molecule has 2 heterocycles. The Morgan fingerprint density at radius 2 is 1.71 bits per heavy atom. The summed E-state index contributed by atoms with van der Waals surface area (Å²) in [6, 6.07) is 0. The van der Waals surface area contributed by atoms with Gasteiger partial charge in [-0.2, -0.15) is 5.01 Å². The minimum Gasteiger partial charge on any atom is -0.272 e. The van der Waals surface area contributed by atoms with Crippen LogP contribution >= 0.6 is 11.3 Å². The number of fused-ring (bicyclic) bond motifs is 1. The molecule has 128 valence electrons. The van der Waals surface area contributed by atoms with E-state index in [4.69, 9.17) is 0 Å². The van der Waals surface area contributed by atoms with E-state index in [-0.39, 0.29) is 29.6 Å². The quantitative estimate of drug-likeness (QED) is 0.676. The van der Waals surface area contributed by atoms with E-state index in [2.05, 4.69) is 5.43 Å². The van der Waals surface area contributed by atoms with Crippen LogP contribution in [0.15, 0.2) is 16.5 Å². The normalized spacial score (nSPS) is 23.8. The van der Waals surface area contributed by atoms with Crippen LogP contribution < -0.4 is 5.43 Å². The van der Waals surface area contributed by atoms with Crippen LogP contribution in [0.2, 0.25) is 0 Å². The highest BCUT2D eigenvalue weighted by Gasteiger charge is 2.50. The zero-order valence-corrected chi connectivity index (χ0v) is 15.3. The van der Waals surface area contributed by atoms with Gasteiger partial charge in [-0.15, -0.1) is 11.3 Å². The maximum Gasteiger partial charge on any atom is 0.271 e. The van der Waals surface area contributed by atoms with Gasteiger partial charge in [0.2, 0.25) is 0 Å². The standard InChI is InChI=1S/C18H22N2O3S/c1-5-12-11(4)24-8-15(12)16(21)19-20-17(22)13-6-9(2)10(3)7-14(13)18(20)23/h8,13-14H,5-7H2,1-4H3,(H,19,21)/t13-,14+. The first-order valence-electron chi connectivity index (χ1n) is 8.26. The van der Waals surface area contributed by atoms with Crippen molar-refractivity contribution in [1.82, 2.24) is 10.4 Å². The molecular formula is C18H22N2O3S. The Hall–Kier alpha value is -1.95. The molecule has 1 aromatic rings. The number of aryl methyl sites for hydroxylation is 1. The molecule has 0 aromatic carbocycles. The Morgan fingerprint density at radius 1 is 1.17 bits per heavy atom. The highest BCUT2D eigenvalue weighted by molar-refractivity contribution is 7.10. The van der Waals surface area contributed by atoms with Gasteiger partial charge in [0.25, 0.3) is 17.7 Å². The molecule has 0 saturated carbocycles. The molecule has 0 radical (unpaired) electrons. The van der Waals surface area contributed by atoms with Crippen molar-refractivity contribution in [1.29, 1.82) is 0 Å². The number of allylic oxidation sites excluding steroid dienone is 2. The molecule has 3 amide bonds. The third-order valence-electron chi connectivity index (χ3n) is 5.26. The number of nitrogens with one attached hydrogen (secondary N) is 1. The number of hydrogen-bond acceptors (Lipinski definition) is 4. The molecule has 1 N–H and O–H groups in total. The molecule has 24 heavy (non-hydrogen) atoms. The molecule has 1 saturated heterocycles. The van der Waals surface area contributed by atoms with Crippen molar-refractivity contribution in [3.8, 4) is 0 Å². The highest BCUT2D eigenvalue weighted by Crippen LogP contribution is 2.40. The summed E-state index contributed by atoms with van der Waals surface area (Å²) in [6.45, 7) is 7.97. The van der Waals surface area contributed by atoms with E-state index in [9.17, 15) is 14.4 Å². The second-order valence-electron chi connectivity index (χ2n) is 6.67. The summed E-state index contributed by atoms with van der Waals surface area (Å²) < 4.78 is 0. The summed E-state index contributed by atoms with van der Waals surface area (Å²) in [6.07, 6.45) is 1.95. The number of rotatable bonds is 3. The molecule has 2 atom stereocenters. The highest BCUT2D eigenvalue weighted by atomic mass is 32.1. The average Bonchev–Trinajstić information content (AvgIpc) is 3.02. The van der Waals surface area contributed by atoms with Gasteiger partial charge in [-0.25, -0.2) is 0 Å². The fourth-order valence-corrected chi connectivity index (χ4v) is 4.57. The fourth-order valence-electron chi connectivity index (χ4n) is 3.63. The van der Waals surface area contributed by atoms with Crippen LogP contribution in [0.1, 0.15) is 54.4 Å². The fraction of sp³-hybridized carbons (Fsp3) is 0.500. The number of thiophene rings is 1. The number of amides is 3. The van der Waals surface area contributed by atoms with Gasteiger partial charge in [0.05, 0.1) is 17.4 Å². The van der Waals surface area contributed by atoms with E-state index < -0.39 is 0 Å². The number of hydrogen-bond donors (Lipinski definition) is 1. The number of carbonyl (C=O) groups is 3. The summed E-state index contributed by atoms with van der Waals surface area (Å²) in [5, 5.41) is 2.74. The summed E-state index contributed by atoms with van der Waals surface area (Å²) in [5.74, 6) is -1.61. The number of hydrazine groups is 1. The molecule has 1 fully saturated rings. The van der Waals surface area contributed by atoms with Gasteiger partial charge in [-0.3, -0.25) is 19.8 Å². The lowest BCUT2D eigenvalue weighted by Gasteiger charge is -2.23. The largest absolute Gasteiger partial charge is 0.272 e. The van der Waals surface area contributed by atoms with Gasteiger partial charge >= 0.3 is 0 Å². The molecule has 0 spiro atoms. The lowest BCUT2D eigenvalue weighted by atomic mass is 9.78. The molecule has 3 rings (SSSR count). The molecule has 1 aromatic heterocycles. The van der Waals surface area contributed by atoms with Crippen LogP contribution in [0, 0.1) is 18.8 Å². The van der Waals surface area contributed by atoms with Crippen LogP contribution in [0.4, 0.5) is 0 Å². The monoisotopic (exact) mass is 346 g/mol. The zero-order chi connectivity index (χ0) is 17.6. The molecule has 2 aliphatic rings. The van der Waals surface area contributed by atoms with Crippen molar-refractivity contribution < 1.29 is 14.4 Å². The van der Waals surface area contributed by atoms with Crippen LogP contribution in [0.3, 0.4) is 0 Å². The smallest absolute Gasteiger partial charge is 0.271 e. The first kappa shape index (κ1) is 16.9. The second kappa shape index (κ2) is 6.16. The first-order chi connectivity index (χ1) is 11.3. The summed E-state index contributed by atoms with van der Waals surface area (Å²) in [7, 11) is 0. The van der Waals surface area contributed by atoms with E-state index >= 15 is 0 Å². The molecule has 6 heteroatoms. The minimum absolute atomic E-state index is 0.282. The molecule has 1 aliphatic heterocycles. The van der Waals surface area contributed by atoms with Gasteiger partial charge in [-0.1, -0.05) is 18.1 Å². The Morgan fingerprint density at radius 3 is 2.21 bits per heavy atom. The number of nitrogens with zero attached hydrogens (tertiary/aromatic N) is 1. The predicted molar refractivity (Wildman–Crippen MR) is 92.3 cm³/mol. The van der Waals surface area contributed by atoms with E-state index in [0.717, 1.165) is 21.9 Å². The maximum absolute atomic E-state index is 12.6. The summed E-state index contributed by atoms with van der Waals surface area (Å²) in [5.41, 5.74) is 6.43. The van der Waals surface area contributed by atoms with Gasteiger partial charge in [-0.05, 0) is 45.6 Å². The SMILES string of the molecule is CCc1c(C(=O)NN2C(=O)[C@H]3CC(C)=C(C)C[C@H]3C2=O)csc1C. The third kappa shape index (κ3) is 2.59. The van der Waals surface area contributed by atoms with E-state index in [1.807, 2.05) is 27.7 Å². The van der Waals surface area contributed by atoms with Gasteiger partial charge in [0, 0.05) is 10.3 Å². The number of carbonyl (C=O) groups excluding carboxylic acids is 3. The average molecular weight is 346 g/mol. The lowest BCUT2D eigenvalue weighted by Crippen LogP contribution is -2.46. The molecule has 0 bridgehead atoms.